The summed E-state index contributed by atoms with van der Waals surface area (Å²) in [5.41, 5.74) is 5.05. The SMILES string of the molecule is Cn1cc(-c2ccc(Cc3cc([C@H]4CC(O)C[C@@H](CO)O4)ccc3Cl)cc2)ccc1=O. The zero-order valence-corrected chi connectivity index (χ0v) is 18.1. The first-order valence-corrected chi connectivity index (χ1v) is 10.8. The van der Waals surface area contributed by atoms with Gasteiger partial charge in [-0.2, -0.15) is 0 Å². The number of halogens is 1. The molecule has 4 rings (SSSR count). The van der Waals surface area contributed by atoms with Crippen LogP contribution < -0.4 is 5.56 Å². The van der Waals surface area contributed by atoms with Gasteiger partial charge in [-0.15, -0.1) is 0 Å². The van der Waals surface area contributed by atoms with Crippen molar-refractivity contribution in [3.63, 3.8) is 0 Å². The minimum Gasteiger partial charge on any atom is -0.394 e. The molecule has 3 aromatic rings. The third-order valence-corrected chi connectivity index (χ3v) is 6.16. The summed E-state index contributed by atoms with van der Waals surface area (Å²) >= 11 is 6.47. The Kier molecular flexibility index (Phi) is 6.58. The molecule has 1 aliphatic heterocycles. The van der Waals surface area contributed by atoms with E-state index >= 15 is 0 Å². The van der Waals surface area contributed by atoms with Crippen molar-refractivity contribution in [3.05, 3.63) is 92.9 Å². The standard InChI is InChI=1S/C25H26ClNO4/c1-27-14-19(7-9-25(27)30)17-4-2-16(3-5-17)10-20-11-18(6-8-23(20)26)24-13-21(29)12-22(15-28)31-24/h2-9,11,14,21-22,24,28-29H,10,12-13,15H2,1H3/t21?,22-,24+/m0/s1. The summed E-state index contributed by atoms with van der Waals surface area (Å²) in [5.74, 6) is 0. The van der Waals surface area contributed by atoms with Crippen LogP contribution in [-0.2, 0) is 18.2 Å². The average Bonchev–Trinajstić information content (AvgIpc) is 2.77. The lowest BCUT2D eigenvalue weighted by molar-refractivity contribution is -0.113. The monoisotopic (exact) mass is 439 g/mol. The van der Waals surface area contributed by atoms with Gasteiger partial charge in [0, 0.05) is 37.2 Å². The van der Waals surface area contributed by atoms with E-state index in [0.717, 1.165) is 27.8 Å². The molecule has 1 saturated heterocycles. The third-order valence-electron chi connectivity index (χ3n) is 5.79. The lowest BCUT2D eigenvalue weighted by Crippen LogP contribution is -2.33. The summed E-state index contributed by atoms with van der Waals surface area (Å²) in [6, 6.07) is 17.4. The van der Waals surface area contributed by atoms with Gasteiger partial charge in [0.05, 0.1) is 24.9 Å². The quantitative estimate of drug-likeness (QED) is 0.633. The Morgan fingerprint density at radius 1 is 1.06 bits per heavy atom. The molecule has 162 valence electrons. The first-order valence-electron chi connectivity index (χ1n) is 10.4. The van der Waals surface area contributed by atoms with Crippen molar-refractivity contribution < 1.29 is 14.9 Å². The van der Waals surface area contributed by atoms with E-state index in [1.807, 2.05) is 42.6 Å². The van der Waals surface area contributed by atoms with Gasteiger partial charge in [-0.1, -0.05) is 48.0 Å². The number of aromatic nitrogens is 1. The zero-order chi connectivity index (χ0) is 22.0. The van der Waals surface area contributed by atoms with Gasteiger partial charge in [0.25, 0.3) is 0 Å². The molecule has 0 spiro atoms. The topological polar surface area (TPSA) is 71.7 Å². The average molecular weight is 440 g/mol. The van der Waals surface area contributed by atoms with Crippen LogP contribution in [0.3, 0.4) is 0 Å². The predicted octanol–water partition coefficient (Wildman–Crippen LogP) is 3.87. The van der Waals surface area contributed by atoms with Gasteiger partial charge in [0.2, 0.25) is 5.56 Å². The number of aliphatic hydroxyl groups excluding tert-OH is 2. The number of hydrogen-bond donors (Lipinski definition) is 2. The second-order valence-corrected chi connectivity index (χ2v) is 8.55. The van der Waals surface area contributed by atoms with Gasteiger partial charge in [-0.25, -0.2) is 0 Å². The van der Waals surface area contributed by atoms with E-state index in [2.05, 4.69) is 12.1 Å². The molecule has 1 aliphatic rings. The molecule has 2 aromatic carbocycles. The largest absolute Gasteiger partial charge is 0.394 e. The van der Waals surface area contributed by atoms with Gasteiger partial charge in [-0.3, -0.25) is 4.79 Å². The number of hydrogen-bond acceptors (Lipinski definition) is 4. The Morgan fingerprint density at radius 2 is 1.81 bits per heavy atom. The maximum Gasteiger partial charge on any atom is 0.250 e. The minimum atomic E-state index is -0.486. The molecule has 2 heterocycles. The number of aryl methyl sites for hydroxylation is 1. The summed E-state index contributed by atoms with van der Waals surface area (Å²) in [6.07, 6.45) is 2.36. The highest BCUT2D eigenvalue weighted by molar-refractivity contribution is 6.31. The van der Waals surface area contributed by atoms with E-state index in [1.165, 1.54) is 0 Å². The third kappa shape index (κ3) is 5.08. The summed E-state index contributed by atoms with van der Waals surface area (Å²) in [6.45, 7) is -0.101. The second-order valence-electron chi connectivity index (χ2n) is 8.15. The molecule has 2 N–H and O–H groups in total. The highest BCUT2D eigenvalue weighted by Gasteiger charge is 2.29. The van der Waals surface area contributed by atoms with Crippen LogP contribution in [-0.4, -0.2) is 33.6 Å². The Morgan fingerprint density at radius 3 is 2.52 bits per heavy atom. The molecule has 1 aromatic heterocycles. The number of pyridine rings is 1. The second kappa shape index (κ2) is 9.37. The predicted molar refractivity (Wildman–Crippen MR) is 121 cm³/mol. The Hall–Kier alpha value is -2.44. The zero-order valence-electron chi connectivity index (χ0n) is 17.4. The van der Waals surface area contributed by atoms with Gasteiger partial charge in [0.1, 0.15) is 0 Å². The van der Waals surface area contributed by atoms with Gasteiger partial charge >= 0.3 is 0 Å². The molecular weight excluding hydrogens is 414 g/mol. The van der Waals surface area contributed by atoms with Crippen LogP contribution in [0.2, 0.25) is 5.02 Å². The van der Waals surface area contributed by atoms with E-state index in [0.29, 0.717) is 24.3 Å². The van der Waals surface area contributed by atoms with Crippen LogP contribution in [0.4, 0.5) is 0 Å². The molecule has 5 nitrogen and oxygen atoms in total. The molecule has 6 heteroatoms. The fourth-order valence-electron chi connectivity index (χ4n) is 4.05. The molecule has 3 atom stereocenters. The van der Waals surface area contributed by atoms with Crippen molar-refractivity contribution in [2.24, 2.45) is 7.05 Å². The number of ether oxygens (including phenoxy) is 1. The van der Waals surface area contributed by atoms with Crippen LogP contribution in [0.25, 0.3) is 11.1 Å². The van der Waals surface area contributed by atoms with E-state index in [4.69, 9.17) is 16.3 Å². The smallest absolute Gasteiger partial charge is 0.250 e. The fraction of sp³-hybridized carbons (Fsp3) is 0.320. The Balaban J connectivity index is 1.53. The lowest BCUT2D eigenvalue weighted by Gasteiger charge is -2.32. The molecule has 0 amide bonds. The maximum atomic E-state index is 11.6. The summed E-state index contributed by atoms with van der Waals surface area (Å²) < 4.78 is 7.51. The lowest BCUT2D eigenvalue weighted by atomic mass is 9.94. The summed E-state index contributed by atoms with van der Waals surface area (Å²) in [7, 11) is 1.74. The van der Waals surface area contributed by atoms with Crippen molar-refractivity contribution in [1.29, 1.82) is 0 Å². The molecule has 0 saturated carbocycles. The van der Waals surface area contributed by atoms with Crippen molar-refractivity contribution in [2.45, 2.75) is 37.6 Å². The highest BCUT2D eigenvalue weighted by atomic mass is 35.5. The van der Waals surface area contributed by atoms with Crippen LogP contribution >= 0.6 is 11.6 Å². The first-order chi connectivity index (χ1) is 14.9. The number of aliphatic hydroxyl groups is 2. The molecule has 1 fully saturated rings. The number of benzene rings is 2. The fourth-order valence-corrected chi connectivity index (χ4v) is 4.24. The van der Waals surface area contributed by atoms with Gasteiger partial charge in [-0.05, 0) is 46.4 Å². The molecular formula is C25H26ClNO4. The van der Waals surface area contributed by atoms with Crippen LogP contribution in [0.1, 0.15) is 35.6 Å². The molecule has 0 radical (unpaired) electrons. The van der Waals surface area contributed by atoms with Gasteiger partial charge < -0.3 is 19.5 Å². The van der Waals surface area contributed by atoms with Crippen molar-refractivity contribution in [2.75, 3.05) is 6.61 Å². The molecule has 0 bridgehead atoms. The van der Waals surface area contributed by atoms with Crippen molar-refractivity contribution >= 4 is 11.6 Å². The van der Waals surface area contributed by atoms with Crippen molar-refractivity contribution in [3.8, 4) is 11.1 Å². The Bertz CT molecular complexity index is 1110. The van der Waals surface area contributed by atoms with E-state index < -0.39 is 6.10 Å². The Labute approximate surface area is 186 Å². The first kappa shape index (κ1) is 21.8. The van der Waals surface area contributed by atoms with Crippen LogP contribution in [0.15, 0.2) is 65.6 Å². The summed E-state index contributed by atoms with van der Waals surface area (Å²) in [4.78, 5) is 11.6. The van der Waals surface area contributed by atoms with Crippen LogP contribution in [0, 0.1) is 0 Å². The van der Waals surface area contributed by atoms with Crippen molar-refractivity contribution in [1.82, 2.24) is 4.57 Å². The normalized spacial score (nSPS) is 21.2. The van der Waals surface area contributed by atoms with Gasteiger partial charge in [0.15, 0.2) is 0 Å². The van der Waals surface area contributed by atoms with E-state index in [9.17, 15) is 15.0 Å². The number of nitrogens with zero attached hydrogens (tertiary/aromatic N) is 1. The van der Waals surface area contributed by atoms with E-state index in [-0.39, 0.29) is 24.4 Å². The maximum absolute atomic E-state index is 11.6. The van der Waals surface area contributed by atoms with Crippen LogP contribution in [0.5, 0.6) is 0 Å². The van der Waals surface area contributed by atoms with E-state index in [1.54, 1.807) is 17.7 Å². The summed E-state index contributed by atoms with van der Waals surface area (Å²) in [5, 5.41) is 20.2. The minimum absolute atomic E-state index is 0.0327. The molecule has 0 aliphatic carbocycles. The highest BCUT2D eigenvalue weighted by Crippen LogP contribution is 2.34. The molecule has 31 heavy (non-hydrogen) atoms. The number of rotatable bonds is 5. The molecule has 1 unspecified atom stereocenters.